The molecule has 0 aliphatic carbocycles. The highest BCUT2D eigenvalue weighted by Crippen LogP contribution is 2.24. The highest BCUT2D eigenvalue weighted by Gasteiger charge is 2.19. The highest BCUT2D eigenvalue weighted by molar-refractivity contribution is 5.98. The molecule has 1 aliphatic rings. The van der Waals surface area contributed by atoms with Crippen LogP contribution in [-0.2, 0) is 16.0 Å². The second kappa shape index (κ2) is 10.7. The van der Waals surface area contributed by atoms with Crippen LogP contribution < -0.4 is 15.5 Å². The van der Waals surface area contributed by atoms with Crippen LogP contribution in [0, 0.1) is 6.92 Å². The summed E-state index contributed by atoms with van der Waals surface area (Å²) in [5.41, 5.74) is 3.92. The number of rotatable bonds is 7. The van der Waals surface area contributed by atoms with E-state index in [1.165, 1.54) is 5.69 Å². The van der Waals surface area contributed by atoms with Crippen LogP contribution in [-0.4, -0.2) is 55.5 Å². The molecule has 0 aromatic heterocycles. The van der Waals surface area contributed by atoms with E-state index in [2.05, 4.69) is 39.5 Å². The summed E-state index contributed by atoms with van der Waals surface area (Å²) in [6.07, 6.45) is 0.234. The molecular weight excluding hydrogens is 424 g/mol. The summed E-state index contributed by atoms with van der Waals surface area (Å²) in [5, 5.41) is 7.98. The summed E-state index contributed by atoms with van der Waals surface area (Å²) in [6.45, 7) is 11.2. The van der Waals surface area contributed by atoms with Crippen molar-refractivity contribution >= 4 is 34.0 Å². The van der Waals surface area contributed by atoms with E-state index < -0.39 is 6.04 Å². The van der Waals surface area contributed by atoms with Gasteiger partial charge in [-0.1, -0.05) is 49.4 Å². The summed E-state index contributed by atoms with van der Waals surface area (Å²) in [5.74, 6) is -0.393. The zero-order valence-electron chi connectivity index (χ0n) is 20.3. The second-order valence-corrected chi connectivity index (χ2v) is 9.01. The summed E-state index contributed by atoms with van der Waals surface area (Å²) in [4.78, 5) is 30.3. The van der Waals surface area contributed by atoms with Gasteiger partial charge in [-0.25, -0.2) is 0 Å². The Hall–Kier alpha value is -3.38. The maximum absolute atomic E-state index is 12.8. The van der Waals surface area contributed by atoms with Crippen LogP contribution in [0.2, 0.25) is 0 Å². The molecule has 3 aromatic carbocycles. The minimum absolute atomic E-state index is 0.169. The van der Waals surface area contributed by atoms with E-state index in [1.54, 1.807) is 6.92 Å². The van der Waals surface area contributed by atoms with Gasteiger partial charge in [0.15, 0.2) is 0 Å². The molecule has 0 bridgehead atoms. The minimum Gasteiger partial charge on any atom is -0.369 e. The number of anilines is 2. The summed E-state index contributed by atoms with van der Waals surface area (Å²) in [6, 6.07) is 19.5. The molecule has 178 valence electrons. The third kappa shape index (κ3) is 5.57. The third-order valence-corrected chi connectivity index (χ3v) is 6.65. The van der Waals surface area contributed by atoms with Crippen LogP contribution >= 0.6 is 0 Å². The van der Waals surface area contributed by atoms with E-state index in [0.29, 0.717) is 0 Å². The van der Waals surface area contributed by atoms with Crippen LogP contribution in [0.3, 0.4) is 0 Å². The fourth-order valence-electron chi connectivity index (χ4n) is 4.53. The molecule has 1 saturated heterocycles. The van der Waals surface area contributed by atoms with Crippen molar-refractivity contribution in [1.29, 1.82) is 0 Å². The molecule has 0 spiro atoms. The molecule has 1 atom stereocenters. The number of hydrogen-bond acceptors (Lipinski definition) is 4. The van der Waals surface area contributed by atoms with Crippen LogP contribution in [0.1, 0.15) is 25.0 Å². The molecule has 4 rings (SSSR count). The van der Waals surface area contributed by atoms with Gasteiger partial charge in [0.2, 0.25) is 11.8 Å². The van der Waals surface area contributed by atoms with Crippen molar-refractivity contribution in [2.24, 2.45) is 0 Å². The predicted octanol–water partition coefficient (Wildman–Crippen LogP) is 3.98. The number of carbonyl (C=O) groups excluding carboxylic acids is 2. The molecule has 34 heavy (non-hydrogen) atoms. The Morgan fingerprint density at radius 1 is 0.971 bits per heavy atom. The van der Waals surface area contributed by atoms with Crippen LogP contribution in [0.4, 0.5) is 11.4 Å². The van der Waals surface area contributed by atoms with E-state index in [9.17, 15) is 9.59 Å². The first-order valence-corrected chi connectivity index (χ1v) is 12.1. The smallest absolute Gasteiger partial charge is 0.246 e. The number of amides is 2. The average molecular weight is 459 g/mol. The lowest BCUT2D eigenvalue weighted by atomic mass is 10.0. The quantitative estimate of drug-likeness (QED) is 0.562. The lowest BCUT2D eigenvalue weighted by Gasteiger charge is -2.35. The van der Waals surface area contributed by atoms with Gasteiger partial charge in [0.05, 0.1) is 6.42 Å². The molecule has 3 aromatic rings. The maximum Gasteiger partial charge on any atom is 0.246 e. The van der Waals surface area contributed by atoms with Crippen molar-refractivity contribution in [2.45, 2.75) is 33.2 Å². The zero-order valence-corrected chi connectivity index (χ0v) is 20.3. The summed E-state index contributed by atoms with van der Waals surface area (Å²) >= 11 is 0. The Balaban J connectivity index is 1.33. The van der Waals surface area contributed by atoms with E-state index in [0.717, 1.165) is 60.3 Å². The van der Waals surface area contributed by atoms with Gasteiger partial charge in [-0.05, 0) is 60.5 Å². The first kappa shape index (κ1) is 23.8. The van der Waals surface area contributed by atoms with Crippen molar-refractivity contribution in [3.05, 3.63) is 71.8 Å². The molecule has 2 amide bonds. The van der Waals surface area contributed by atoms with Crippen molar-refractivity contribution in [1.82, 2.24) is 10.2 Å². The largest absolute Gasteiger partial charge is 0.369 e. The molecule has 0 unspecified atom stereocenters. The molecule has 1 aliphatic heterocycles. The Kier molecular flexibility index (Phi) is 7.48. The third-order valence-electron chi connectivity index (χ3n) is 6.65. The number of likely N-dealkylation sites (N-methyl/N-ethyl adjacent to an activating group) is 1. The van der Waals surface area contributed by atoms with Gasteiger partial charge in [0.1, 0.15) is 6.04 Å². The zero-order chi connectivity index (χ0) is 24.1. The van der Waals surface area contributed by atoms with E-state index >= 15 is 0 Å². The lowest BCUT2D eigenvalue weighted by molar-refractivity contribution is -0.125. The van der Waals surface area contributed by atoms with Crippen LogP contribution in [0.25, 0.3) is 10.8 Å². The highest BCUT2D eigenvalue weighted by atomic mass is 16.2. The fourth-order valence-corrected chi connectivity index (χ4v) is 4.53. The van der Waals surface area contributed by atoms with Crippen LogP contribution in [0.5, 0.6) is 0 Å². The van der Waals surface area contributed by atoms with Gasteiger partial charge in [-0.15, -0.1) is 0 Å². The maximum atomic E-state index is 12.8. The topological polar surface area (TPSA) is 64.7 Å². The van der Waals surface area contributed by atoms with Crippen molar-refractivity contribution in [2.75, 3.05) is 42.9 Å². The number of piperazine rings is 1. The molecule has 1 fully saturated rings. The first-order chi connectivity index (χ1) is 16.4. The number of fused-ring (bicyclic) bond motifs is 1. The number of carbonyl (C=O) groups is 2. The number of nitrogens with one attached hydrogen (secondary N) is 2. The average Bonchev–Trinajstić information content (AvgIpc) is 2.85. The number of benzene rings is 3. The molecule has 6 heteroatoms. The Bertz CT molecular complexity index is 1160. The van der Waals surface area contributed by atoms with E-state index in [1.807, 2.05) is 55.5 Å². The van der Waals surface area contributed by atoms with Crippen molar-refractivity contribution in [3.8, 4) is 0 Å². The van der Waals surface area contributed by atoms with Gasteiger partial charge in [-0.2, -0.15) is 0 Å². The Labute approximate surface area is 201 Å². The molecule has 0 radical (unpaired) electrons. The molecule has 6 nitrogen and oxygen atoms in total. The lowest BCUT2D eigenvalue weighted by Crippen LogP contribution is -2.46. The Morgan fingerprint density at radius 2 is 1.71 bits per heavy atom. The number of aryl methyl sites for hydroxylation is 1. The molecule has 2 N–H and O–H groups in total. The van der Waals surface area contributed by atoms with Gasteiger partial charge >= 0.3 is 0 Å². The summed E-state index contributed by atoms with van der Waals surface area (Å²) in [7, 11) is 0. The van der Waals surface area contributed by atoms with E-state index in [-0.39, 0.29) is 18.2 Å². The molecular formula is C28H34N4O2. The molecule has 1 heterocycles. The fraction of sp³-hybridized carbons (Fsp3) is 0.357. The van der Waals surface area contributed by atoms with Crippen LogP contribution in [0.15, 0.2) is 60.7 Å². The predicted molar refractivity (Wildman–Crippen MR) is 139 cm³/mol. The first-order valence-electron chi connectivity index (χ1n) is 12.1. The molecule has 0 saturated carbocycles. The van der Waals surface area contributed by atoms with Gasteiger partial charge in [-0.3, -0.25) is 9.59 Å². The standard InChI is InChI=1S/C28H34N4O2/c1-4-31-14-16-32(17-15-31)24-12-13-26(20(2)18-24)30-28(34)21(3)29-27(33)19-23-10-7-9-22-8-5-6-11-25(22)23/h5-13,18,21H,4,14-17,19H2,1-3H3,(H,29,33)(H,30,34)/t21-/m0/s1. The number of hydrogen-bond donors (Lipinski definition) is 2. The van der Waals surface area contributed by atoms with Gasteiger partial charge in [0.25, 0.3) is 0 Å². The Morgan fingerprint density at radius 3 is 2.44 bits per heavy atom. The SMILES string of the molecule is CCN1CCN(c2ccc(NC(=O)[C@H](C)NC(=O)Cc3cccc4ccccc34)c(C)c2)CC1. The monoisotopic (exact) mass is 458 g/mol. The van der Waals surface area contributed by atoms with Crippen molar-refractivity contribution < 1.29 is 9.59 Å². The van der Waals surface area contributed by atoms with Crippen molar-refractivity contribution in [3.63, 3.8) is 0 Å². The minimum atomic E-state index is -0.635. The van der Waals surface area contributed by atoms with Gasteiger partial charge in [0, 0.05) is 37.6 Å². The van der Waals surface area contributed by atoms with Gasteiger partial charge < -0.3 is 20.4 Å². The second-order valence-electron chi connectivity index (χ2n) is 9.01. The summed E-state index contributed by atoms with van der Waals surface area (Å²) < 4.78 is 0. The normalized spacial score (nSPS) is 15.2. The van der Waals surface area contributed by atoms with E-state index in [4.69, 9.17) is 0 Å². The number of nitrogens with zero attached hydrogens (tertiary/aromatic N) is 2.